The number of rotatable bonds is 0. The third kappa shape index (κ3) is 1.23. The molecule has 1 aromatic heterocycles. The van der Waals surface area contributed by atoms with Crippen LogP contribution in [0.5, 0.6) is 0 Å². The van der Waals surface area contributed by atoms with Gasteiger partial charge in [-0.2, -0.15) is 4.98 Å². The number of aromatic nitrogens is 2. The number of anilines is 2. The average molecular weight is 233 g/mol. The van der Waals surface area contributed by atoms with Gasteiger partial charge in [0.05, 0.1) is 5.69 Å². The first-order chi connectivity index (χ1) is 7.65. The smallest absolute Gasteiger partial charge is 0.222 e. The second kappa shape index (κ2) is 3.09. The topological polar surface area (TPSA) is 77.8 Å². The Kier molecular flexibility index (Phi) is 1.82. The van der Waals surface area contributed by atoms with Gasteiger partial charge in [-0.15, -0.1) is 0 Å². The first-order valence-electron chi connectivity index (χ1n) is 4.86. The highest BCUT2D eigenvalue weighted by atomic mass is 35.5. The normalized spacial score (nSPS) is 12.3. The van der Waals surface area contributed by atoms with Crippen LogP contribution >= 0.6 is 11.6 Å². The van der Waals surface area contributed by atoms with Crippen LogP contribution in [0.3, 0.4) is 0 Å². The van der Waals surface area contributed by atoms with E-state index < -0.39 is 0 Å². The summed E-state index contributed by atoms with van der Waals surface area (Å²) in [7, 11) is 0. The Balaban J connectivity index is 2.32. The van der Waals surface area contributed by atoms with Crippen molar-refractivity contribution in [3.8, 4) is 11.1 Å². The molecule has 5 heteroatoms. The zero-order valence-electron chi connectivity index (χ0n) is 8.37. The number of nitrogens with zero attached hydrogens (tertiary/aromatic N) is 2. The zero-order valence-corrected chi connectivity index (χ0v) is 9.12. The van der Waals surface area contributed by atoms with Gasteiger partial charge in [0.25, 0.3) is 0 Å². The first kappa shape index (κ1) is 9.42. The van der Waals surface area contributed by atoms with Crippen LogP contribution in [-0.4, -0.2) is 9.97 Å². The molecule has 16 heavy (non-hydrogen) atoms. The Bertz CT molecular complexity index is 595. The van der Waals surface area contributed by atoms with Crippen LogP contribution in [0, 0.1) is 0 Å². The third-order valence-corrected chi connectivity index (χ3v) is 2.96. The molecular formula is C11H9ClN4. The Hall–Kier alpha value is -1.81. The van der Waals surface area contributed by atoms with Gasteiger partial charge in [-0.1, -0.05) is 17.7 Å². The summed E-state index contributed by atoms with van der Waals surface area (Å²) in [5.74, 6) is 0.638. The van der Waals surface area contributed by atoms with Crippen LogP contribution in [0.25, 0.3) is 11.1 Å². The van der Waals surface area contributed by atoms with Gasteiger partial charge < -0.3 is 11.5 Å². The molecule has 2 aromatic rings. The van der Waals surface area contributed by atoms with Crippen molar-refractivity contribution in [1.29, 1.82) is 0 Å². The minimum atomic E-state index is 0.218. The van der Waals surface area contributed by atoms with Gasteiger partial charge in [0, 0.05) is 17.0 Å². The second-order valence-electron chi connectivity index (χ2n) is 3.77. The highest BCUT2D eigenvalue weighted by molar-refractivity contribution is 6.31. The molecule has 80 valence electrons. The van der Waals surface area contributed by atoms with Gasteiger partial charge in [0.1, 0.15) is 5.82 Å². The summed E-state index contributed by atoms with van der Waals surface area (Å²) in [6.45, 7) is 0. The number of nitrogens with two attached hydrogens (primary N) is 2. The van der Waals surface area contributed by atoms with Gasteiger partial charge in [-0.05, 0) is 23.3 Å². The van der Waals surface area contributed by atoms with E-state index in [4.69, 9.17) is 23.1 Å². The summed E-state index contributed by atoms with van der Waals surface area (Å²) >= 11 is 5.97. The Morgan fingerprint density at radius 2 is 2.00 bits per heavy atom. The van der Waals surface area contributed by atoms with E-state index in [-0.39, 0.29) is 5.95 Å². The summed E-state index contributed by atoms with van der Waals surface area (Å²) in [6, 6.07) is 5.73. The number of benzene rings is 1. The van der Waals surface area contributed by atoms with Crippen LogP contribution in [-0.2, 0) is 6.42 Å². The van der Waals surface area contributed by atoms with Gasteiger partial charge in [0.2, 0.25) is 5.95 Å². The van der Waals surface area contributed by atoms with E-state index in [1.165, 1.54) is 0 Å². The van der Waals surface area contributed by atoms with Crippen molar-refractivity contribution in [2.75, 3.05) is 11.5 Å². The van der Waals surface area contributed by atoms with Crippen LogP contribution in [0.4, 0.5) is 11.8 Å². The van der Waals surface area contributed by atoms with Crippen LogP contribution < -0.4 is 11.5 Å². The molecule has 0 amide bonds. The number of nitrogen functional groups attached to an aromatic ring is 2. The minimum Gasteiger partial charge on any atom is -0.383 e. The lowest BCUT2D eigenvalue weighted by Gasteiger charge is -2.04. The summed E-state index contributed by atoms with van der Waals surface area (Å²) in [5.41, 5.74) is 15.3. The molecule has 0 radical (unpaired) electrons. The predicted octanol–water partition coefficient (Wildman–Crippen LogP) is 1.87. The predicted molar refractivity (Wildman–Crippen MR) is 64.1 cm³/mol. The molecule has 0 unspecified atom stereocenters. The molecular weight excluding hydrogens is 224 g/mol. The van der Waals surface area contributed by atoms with E-state index in [0.717, 1.165) is 28.8 Å². The van der Waals surface area contributed by atoms with E-state index in [2.05, 4.69) is 9.97 Å². The largest absolute Gasteiger partial charge is 0.383 e. The molecule has 0 saturated heterocycles. The van der Waals surface area contributed by atoms with Gasteiger partial charge in [0.15, 0.2) is 0 Å². The fraction of sp³-hybridized carbons (Fsp3) is 0.0909. The minimum absolute atomic E-state index is 0.218. The Morgan fingerprint density at radius 1 is 1.19 bits per heavy atom. The molecule has 0 saturated carbocycles. The van der Waals surface area contributed by atoms with E-state index in [9.17, 15) is 0 Å². The van der Waals surface area contributed by atoms with E-state index in [1.807, 2.05) is 18.2 Å². The third-order valence-electron chi connectivity index (χ3n) is 2.73. The van der Waals surface area contributed by atoms with Crippen molar-refractivity contribution in [1.82, 2.24) is 9.97 Å². The summed E-state index contributed by atoms with van der Waals surface area (Å²) < 4.78 is 0. The van der Waals surface area contributed by atoms with Crippen molar-refractivity contribution in [3.63, 3.8) is 0 Å². The SMILES string of the molecule is Nc1nc(N)c2c(n1)Cc1ccc(Cl)cc1-2. The van der Waals surface area contributed by atoms with Crippen molar-refractivity contribution in [2.45, 2.75) is 6.42 Å². The van der Waals surface area contributed by atoms with Gasteiger partial charge in [-0.3, -0.25) is 0 Å². The summed E-state index contributed by atoms with van der Waals surface area (Å²) in [4.78, 5) is 8.18. The van der Waals surface area contributed by atoms with Crippen molar-refractivity contribution in [3.05, 3.63) is 34.5 Å². The van der Waals surface area contributed by atoms with Crippen molar-refractivity contribution < 1.29 is 0 Å². The van der Waals surface area contributed by atoms with Crippen molar-refractivity contribution >= 4 is 23.4 Å². The fourth-order valence-electron chi connectivity index (χ4n) is 2.08. The lowest BCUT2D eigenvalue weighted by atomic mass is 10.1. The quantitative estimate of drug-likeness (QED) is 0.620. The monoisotopic (exact) mass is 232 g/mol. The highest BCUT2D eigenvalue weighted by Gasteiger charge is 2.23. The number of hydrogen-bond donors (Lipinski definition) is 2. The molecule has 0 aliphatic heterocycles. The van der Waals surface area contributed by atoms with E-state index in [1.54, 1.807) is 0 Å². The second-order valence-corrected chi connectivity index (χ2v) is 4.20. The maximum absolute atomic E-state index is 5.97. The first-order valence-corrected chi connectivity index (χ1v) is 5.23. The Morgan fingerprint density at radius 3 is 2.81 bits per heavy atom. The molecule has 0 bridgehead atoms. The molecule has 0 spiro atoms. The highest BCUT2D eigenvalue weighted by Crippen LogP contribution is 2.39. The maximum Gasteiger partial charge on any atom is 0.222 e. The fourth-order valence-corrected chi connectivity index (χ4v) is 2.26. The number of hydrogen-bond acceptors (Lipinski definition) is 4. The molecule has 1 heterocycles. The molecule has 1 aromatic carbocycles. The van der Waals surface area contributed by atoms with Gasteiger partial charge >= 0.3 is 0 Å². The molecule has 0 fully saturated rings. The van der Waals surface area contributed by atoms with Crippen LogP contribution in [0.15, 0.2) is 18.2 Å². The molecule has 0 atom stereocenters. The molecule has 4 nitrogen and oxygen atoms in total. The molecule has 3 rings (SSSR count). The van der Waals surface area contributed by atoms with Gasteiger partial charge in [-0.25, -0.2) is 4.98 Å². The van der Waals surface area contributed by atoms with Crippen LogP contribution in [0.1, 0.15) is 11.3 Å². The van der Waals surface area contributed by atoms with Crippen LogP contribution in [0.2, 0.25) is 5.02 Å². The molecule has 1 aliphatic carbocycles. The molecule has 4 N–H and O–H groups in total. The van der Waals surface area contributed by atoms with Crippen molar-refractivity contribution in [2.24, 2.45) is 0 Å². The number of halogens is 1. The summed E-state index contributed by atoms with van der Waals surface area (Å²) in [6.07, 6.45) is 0.735. The van der Waals surface area contributed by atoms with E-state index >= 15 is 0 Å². The number of fused-ring (bicyclic) bond motifs is 3. The lowest BCUT2D eigenvalue weighted by molar-refractivity contribution is 1.09. The standard InChI is InChI=1S/C11H9ClN4/c12-6-2-1-5-3-8-9(7(5)4-6)10(13)16-11(14)15-8/h1-2,4H,3H2,(H4,13,14,15,16). The lowest BCUT2D eigenvalue weighted by Crippen LogP contribution is -2.03. The van der Waals surface area contributed by atoms with E-state index in [0.29, 0.717) is 10.8 Å². The zero-order chi connectivity index (χ0) is 11.3. The maximum atomic E-state index is 5.97. The average Bonchev–Trinajstić information content (AvgIpc) is 2.54. The Labute approximate surface area is 97.3 Å². The summed E-state index contributed by atoms with van der Waals surface area (Å²) in [5, 5.41) is 0.683. The molecule has 1 aliphatic rings.